The highest BCUT2D eigenvalue weighted by Crippen LogP contribution is 2.15. The topological polar surface area (TPSA) is 9.23 Å². The van der Waals surface area contributed by atoms with Crippen molar-refractivity contribution in [2.24, 2.45) is 0 Å². The van der Waals surface area contributed by atoms with Gasteiger partial charge in [0.25, 0.3) is 0 Å². The number of rotatable bonds is 3. The third kappa shape index (κ3) is 2.76. The Bertz CT molecular complexity index is 660. The van der Waals surface area contributed by atoms with E-state index in [4.69, 9.17) is 0 Å². The van der Waals surface area contributed by atoms with Crippen molar-refractivity contribution in [1.82, 2.24) is 0 Å². The van der Waals surface area contributed by atoms with Crippen molar-refractivity contribution in [3.05, 3.63) is 53.4 Å². The summed E-state index contributed by atoms with van der Waals surface area (Å²) in [6, 6.07) is 2.74. The van der Waals surface area contributed by atoms with Crippen molar-refractivity contribution in [3.8, 4) is 5.75 Å². The lowest BCUT2D eigenvalue weighted by molar-refractivity contribution is 0.385. The Labute approximate surface area is 112 Å². The molecule has 2 aromatic rings. The Balaban J connectivity index is 2.45. The first kappa shape index (κ1) is 14.4. The van der Waals surface area contributed by atoms with E-state index in [0.717, 1.165) is 12.1 Å². The molecule has 0 fully saturated rings. The first-order chi connectivity index (χ1) is 9.42. The van der Waals surface area contributed by atoms with Crippen LogP contribution in [-0.2, 0) is 0 Å². The zero-order chi connectivity index (χ0) is 14.9. The van der Waals surface area contributed by atoms with E-state index in [1.54, 1.807) is 0 Å². The average molecular weight is 286 g/mol. The van der Waals surface area contributed by atoms with Crippen LogP contribution in [0.2, 0.25) is 0 Å². The van der Waals surface area contributed by atoms with Gasteiger partial charge in [0.15, 0.2) is 30.5 Å². The lowest BCUT2D eigenvalue weighted by Crippen LogP contribution is -2.33. The maximum Gasteiger partial charge on any atom is 0.200 e. The zero-order valence-corrected chi connectivity index (χ0v) is 10.3. The van der Waals surface area contributed by atoms with Crippen LogP contribution in [0.15, 0.2) is 24.3 Å². The van der Waals surface area contributed by atoms with Gasteiger partial charge in [-0.2, -0.15) is 0 Å². The average Bonchev–Trinajstić information content (AvgIpc) is 2.38. The van der Waals surface area contributed by atoms with E-state index >= 15 is 0 Å². The number of hydrogen-bond donors (Lipinski definition) is 0. The molecule has 0 unspecified atom stereocenters. The summed E-state index contributed by atoms with van der Waals surface area (Å²) in [5.74, 6) is -5.72. The molecule has 0 heterocycles. The summed E-state index contributed by atoms with van der Waals surface area (Å²) in [4.78, 5) is 0. The van der Waals surface area contributed by atoms with Gasteiger partial charge < -0.3 is 4.74 Å². The summed E-state index contributed by atoms with van der Waals surface area (Å²) < 4.78 is 71.1. The first-order valence-corrected chi connectivity index (χ1v) is 5.57. The van der Waals surface area contributed by atoms with Crippen LogP contribution in [0.4, 0.5) is 22.0 Å². The highest BCUT2D eigenvalue weighted by atomic mass is 19.2. The normalized spacial score (nSPS) is 10.5. The minimum atomic E-state index is -1.37. The van der Waals surface area contributed by atoms with E-state index in [9.17, 15) is 22.0 Å². The molecule has 2 rings (SSSR count). The molecule has 0 aliphatic heterocycles. The van der Waals surface area contributed by atoms with Gasteiger partial charge in [0, 0.05) is 12.1 Å². The molecule has 0 amide bonds. The third-order valence-corrected chi connectivity index (χ3v) is 2.77. The Hall–Kier alpha value is -2.05. The molecule has 0 saturated carbocycles. The van der Waals surface area contributed by atoms with Crippen LogP contribution in [-0.4, -0.2) is 14.4 Å². The van der Waals surface area contributed by atoms with Crippen LogP contribution in [0.1, 0.15) is 0 Å². The Morgan fingerprint density at radius 2 is 1.50 bits per heavy atom. The maximum atomic E-state index is 13.6. The molecule has 0 atom stereocenters. The van der Waals surface area contributed by atoms with Gasteiger partial charge >= 0.3 is 0 Å². The Morgan fingerprint density at radius 1 is 0.800 bits per heavy atom. The van der Waals surface area contributed by atoms with E-state index < -0.39 is 36.4 Å². The largest absolute Gasteiger partial charge is 0.494 e. The van der Waals surface area contributed by atoms with Crippen LogP contribution in [0.25, 0.3) is 0 Å². The Kier molecular flexibility index (Phi) is 3.97. The minimum absolute atomic E-state index is 0.132. The molecule has 0 aromatic heterocycles. The summed E-state index contributed by atoms with van der Waals surface area (Å²) in [7, 11) is 0.755. The van der Waals surface area contributed by atoms with Gasteiger partial charge in [-0.25, -0.2) is 22.0 Å². The van der Waals surface area contributed by atoms with Crippen molar-refractivity contribution < 1.29 is 26.7 Å². The van der Waals surface area contributed by atoms with E-state index in [2.05, 4.69) is 4.74 Å². The van der Waals surface area contributed by atoms with E-state index in [0.29, 0.717) is 12.1 Å². The van der Waals surface area contributed by atoms with Crippen molar-refractivity contribution in [3.63, 3.8) is 0 Å². The van der Waals surface area contributed by atoms with E-state index in [1.165, 1.54) is 7.11 Å². The van der Waals surface area contributed by atoms with Gasteiger partial charge in [-0.15, -0.1) is 0 Å². The maximum absolute atomic E-state index is 13.6. The fourth-order valence-electron chi connectivity index (χ4n) is 1.81. The predicted octanol–water partition coefficient (Wildman–Crippen LogP) is 1.78. The van der Waals surface area contributed by atoms with Gasteiger partial charge in [0.05, 0.1) is 7.11 Å². The highest BCUT2D eigenvalue weighted by Gasteiger charge is 2.17. The summed E-state index contributed by atoms with van der Waals surface area (Å²) in [5.41, 5.74) is -0.498. The predicted molar refractivity (Wildman–Crippen MR) is 65.6 cm³/mol. The molecule has 0 spiro atoms. The lowest BCUT2D eigenvalue weighted by Gasteiger charge is -2.08. The molecule has 0 saturated heterocycles. The second-order valence-electron chi connectivity index (χ2n) is 4.12. The molecular weight excluding hydrogens is 278 g/mol. The monoisotopic (exact) mass is 286 g/mol. The van der Waals surface area contributed by atoms with Crippen molar-refractivity contribution in [2.45, 2.75) is 0 Å². The van der Waals surface area contributed by atoms with Crippen LogP contribution >= 0.6 is 0 Å². The van der Waals surface area contributed by atoms with Gasteiger partial charge in [0.1, 0.15) is 11.6 Å². The molecule has 1 nitrogen and oxygen atoms in total. The molecular formula is C13H8BF5O. The number of methoxy groups -OCH3 is 1. The standard InChI is InChI=1S/C13H8BF5O/c1-20-12-4-7(9(16)5-10(12)17)14-8-2-6(15)3-11(18)13(8)19/h2-5,14H,1H3. The summed E-state index contributed by atoms with van der Waals surface area (Å²) >= 11 is 0. The van der Waals surface area contributed by atoms with E-state index in [1.807, 2.05) is 0 Å². The van der Waals surface area contributed by atoms with Crippen molar-refractivity contribution in [2.75, 3.05) is 7.11 Å². The second-order valence-corrected chi connectivity index (χ2v) is 4.12. The van der Waals surface area contributed by atoms with Crippen LogP contribution in [0.3, 0.4) is 0 Å². The number of ether oxygens (including phenoxy) is 1. The number of hydrogen-bond acceptors (Lipinski definition) is 1. The molecule has 7 heteroatoms. The minimum Gasteiger partial charge on any atom is -0.494 e. The number of benzene rings is 2. The van der Waals surface area contributed by atoms with Gasteiger partial charge in [-0.1, -0.05) is 0 Å². The molecule has 0 N–H and O–H groups in total. The van der Waals surface area contributed by atoms with Crippen LogP contribution in [0.5, 0.6) is 5.75 Å². The van der Waals surface area contributed by atoms with Crippen molar-refractivity contribution >= 4 is 18.2 Å². The van der Waals surface area contributed by atoms with Crippen LogP contribution < -0.4 is 15.7 Å². The SMILES string of the molecule is COc1cc(Bc2cc(F)cc(F)c2F)c(F)cc1F. The number of halogens is 5. The van der Waals surface area contributed by atoms with Gasteiger partial charge in [0.2, 0.25) is 0 Å². The van der Waals surface area contributed by atoms with Gasteiger partial charge in [-0.3, -0.25) is 0 Å². The molecule has 0 aliphatic rings. The molecule has 0 aliphatic carbocycles. The van der Waals surface area contributed by atoms with Crippen LogP contribution in [0, 0.1) is 29.1 Å². The molecule has 20 heavy (non-hydrogen) atoms. The zero-order valence-electron chi connectivity index (χ0n) is 10.3. The third-order valence-electron chi connectivity index (χ3n) is 2.77. The molecule has 0 bridgehead atoms. The molecule has 0 radical (unpaired) electrons. The highest BCUT2D eigenvalue weighted by molar-refractivity contribution is 6.67. The summed E-state index contributed by atoms with van der Waals surface area (Å²) in [5, 5.41) is 0. The van der Waals surface area contributed by atoms with E-state index in [-0.39, 0.29) is 16.7 Å². The summed E-state index contributed by atoms with van der Waals surface area (Å²) in [6.45, 7) is 0. The molecule has 2 aromatic carbocycles. The summed E-state index contributed by atoms with van der Waals surface area (Å²) in [6.07, 6.45) is 0. The Morgan fingerprint density at radius 3 is 2.15 bits per heavy atom. The second kappa shape index (κ2) is 5.52. The fraction of sp³-hybridized carbons (Fsp3) is 0.0769. The first-order valence-electron chi connectivity index (χ1n) is 5.57. The van der Waals surface area contributed by atoms with Gasteiger partial charge in [-0.05, 0) is 23.1 Å². The smallest absolute Gasteiger partial charge is 0.200 e. The van der Waals surface area contributed by atoms with Crippen molar-refractivity contribution in [1.29, 1.82) is 0 Å². The fourth-order valence-corrected chi connectivity index (χ4v) is 1.81. The molecule has 104 valence electrons. The quantitative estimate of drug-likeness (QED) is 0.475. The lowest BCUT2D eigenvalue weighted by atomic mass is 9.63.